The normalized spacial score (nSPS) is 16.8. The maximum absolute atomic E-state index is 9.05. The molecular weight excluding hydrogens is 302 g/mol. The lowest BCUT2D eigenvalue weighted by Gasteiger charge is -2.49. The van der Waals surface area contributed by atoms with E-state index in [4.69, 9.17) is 5.26 Å². The number of nitriles is 1. The van der Waals surface area contributed by atoms with Crippen LogP contribution in [0.4, 0.5) is 5.69 Å². The molecule has 0 spiro atoms. The van der Waals surface area contributed by atoms with Crippen LogP contribution < -0.4 is 4.90 Å². The number of hydrogen-bond acceptors (Lipinski definition) is 3. The maximum atomic E-state index is 9.05. The van der Waals surface area contributed by atoms with Crippen LogP contribution in [-0.4, -0.2) is 38.1 Å². The first-order valence-corrected chi connectivity index (χ1v) is 7.35. The van der Waals surface area contributed by atoms with Crippen LogP contribution in [0.1, 0.15) is 24.8 Å². The first-order chi connectivity index (χ1) is 8.97. The summed E-state index contributed by atoms with van der Waals surface area (Å²) in [6.07, 6.45) is 3.82. The lowest BCUT2D eigenvalue weighted by Crippen LogP contribution is -2.56. The predicted octanol–water partition coefficient (Wildman–Crippen LogP) is 3.24. The average Bonchev–Trinajstić information content (AvgIpc) is 2.32. The van der Waals surface area contributed by atoms with Crippen LogP contribution in [0.25, 0.3) is 0 Å². The topological polar surface area (TPSA) is 30.3 Å². The lowest BCUT2D eigenvalue weighted by atomic mass is 9.75. The first-order valence-electron chi connectivity index (χ1n) is 6.56. The van der Waals surface area contributed by atoms with Gasteiger partial charge < -0.3 is 9.80 Å². The van der Waals surface area contributed by atoms with Crippen LogP contribution >= 0.6 is 15.9 Å². The number of hydrogen-bond donors (Lipinski definition) is 0. The summed E-state index contributed by atoms with van der Waals surface area (Å²) in [4.78, 5) is 4.60. The minimum absolute atomic E-state index is 0.296. The maximum Gasteiger partial charge on any atom is 0.0992 e. The van der Waals surface area contributed by atoms with E-state index >= 15 is 0 Å². The van der Waals surface area contributed by atoms with E-state index in [1.54, 1.807) is 0 Å². The van der Waals surface area contributed by atoms with E-state index in [1.165, 1.54) is 19.3 Å². The Morgan fingerprint density at radius 1 is 1.26 bits per heavy atom. The van der Waals surface area contributed by atoms with Gasteiger partial charge in [0, 0.05) is 29.3 Å². The molecular formula is C15H20BrN3. The molecule has 1 fully saturated rings. The van der Waals surface area contributed by atoms with Gasteiger partial charge in [0.05, 0.1) is 11.6 Å². The molecule has 0 atom stereocenters. The lowest BCUT2D eigenvalue weighted by molar-refractivity contribution is 0.0683. The fraction of sp³-hybridized carbons (Fsp3) is 0.533. The summed E-state index contributed by atoms with van der Waals surface area (Å²) in [6.45, 7) is 1.00. The van der Waals surface area contributed by atoms with E-state index in [9.17, 15) is 0 Å². The van der Waals surface area contributed by atoms with Crippen LogP contribution in [0.5, 0.6) is 0 Å². The molecule has 1 aliphatic carbocycles. The van der Waals surface area contributed by atoms with Crippen LogP contribution in [0, 0.1) is 11.3 Å². The summed E-state index contributed by atoms with van der Waals surface area (Å²) in [5, 5.41) is 9.05. The SMILES string of the molecule is CN(CC1(N(C)C)CCC1)c1cc(Br)cc(C#N)c1. The van der Waals surface area contributed by atoms with Crippen molar-refractivity contribution in [1.29, 1.82) is 5.26 Å². The number of halogens is 1. The van der Waals surface area contributed by atoms with Crippen molar-refractivity contribution in [2.24, 2.45) is 0 Å². The number of nitrogens with zero attached hydrogens (tertiary/aromatic N) is 3. The summed E-state index contributed by atoms with van der Waals surface area (Å²) in [6, 6.07) is 8.08. The Hall–Kier alpha value is -1.05. The van der Waals surface area contributed by atoms with Crippen molar-refractivity contribution in [2.75, 3.05) is 32.6 Å². The third-order valence-corrected chi connectivity index (χ3v) is 4.67. The quantitative estimate of drug-likeness (QED) is 0.852. The van der Waals surface area contributed by atoms with Crippen LogP contribution in [-0.2, 0) is 0 Å². The highest BCUT2D eigenvalue weighted by molar-refractivity contribution is 9.10. The average molecular weight is 322 g/mol. The van der Waals surface area contributed by atoms with Crippen LogP contribution in [0.15, 0.2) is 22.7 Å². The molecule has 19 heavy (non-hydrogen) atoms. The Kier molecular flexibility index (Phi) is 4.17. The van der Waals surface area contributed by atoms with E-state index in [1.807, 2.05) is 12.1 Å². The zero-order valence-electron chi connectivity index (χ0n) is 11.8. The number of likely N-dealkylation sites (N-methyl/N-ethyl adjacent to an activating group) is 2. The second-order valence-electron chi connectivity index (χ2n) is 5.64. The summed E-state index contributed by atoms with van der Waals surface area (Å²) >= 11 is 3.47. The molecule has 1 saturated carbocycles. The van der Waals surface area contributed by atoms with Crippen LogP contribution in [0.2, 0.25) is 0 Å². The summed E-state index contributed by atoms with van der Waals surface area (Å²) in [7, 11) is 6.43. The van der Waals surface area contributed by atoms with E-state index in [-0.39, 0.29) is 0 Å². The second kappa shape index (κ2) is 5.52. The van der Waals surface area contributed by atoms with E-state index in [2.05, 4.69) is 59.0 Å². The van der Waals surface area contributed by atoms with Gasteiger partial charge in [-0.05, 0) is 51.6 Å². The van der Waals surface area contributed by atoms with E-state index in [0.29, 0.717) is 11.1 Å². The molecule has 1 aromatic rings. The Bertz CT molecular complexity index is 501. The standard InChI is InChI=1S/C15H20BrN3/c1-18(2)15(5-4-6-15)11-19(3)14-8-12(10-17)7-13(16)9-14/h7-9H,4-6,11H2,1-3H3. The Balaban J connectivity index is 2.18. The minimum Gasteiger partial charge on any atom is -0.373 e. The van der Waals surface area contributed by atoms with Gasteiger partial charge in [0.2, 0.25) is 0 Å². The monoisotopic (exact) mass is 321 g/mol. The smallest absolute Gasteiger partial charge is 0.0992 e. The van der Waals surface area contributed by atoms with Crippen molar-refractivity contribution in [2.45, 2.75) is 24.8 Å². The third kappa shape index (κ3) is 2.93. The first kappa shape index (κ1) is 14.4. The zero-order chi connectivity index (χ0) is 14.0. The fourth-order valence-corrected chi connectivity index (χ4v) is 3.20. The van der Waals surface area contributed by atoms with Crippen molar-refractivity contribution < 1.29 is 0 Å². The number of anilines is 1. The van der Waals surface area contributed by atoms with Gasteiger partial charge in [0.1, 0.15) is 0 Å². The summed E-state index contributed by atoms with van der Waals surface area (Å²) in [5.74, 6) is 0. The molecule has 0 bridgehead atoms. The number of benzene rings is 1. The molecule has 0 amide bonds. The second-order valence-corrected chi connectivity index (χ2v) is 6.55. The highest BCUT2D eigenvalue weighted by Gasteiger charge is 2.39. The summed E-state index contributed by atoms with van der Waals surface area (Å²) < 4.78 is 0.959. The van der Waals surface area contributed by atoms with Gasteiger partial charge in [-0.3, -0.25) is 0 Å². The molecule has 0 aromatic heterocycles. The van der Waals surface area contributed by atoms with E-state index < -0.39 is 0 Å². The molecule has 0 radical (unpaired) electrons. The minimum atomic E-state index is 0.296. The molecule has 2 rings (SSSR count). The molecule has 102 valence electrons. The molecule has 3 nitrogen and oxygen atoms in total. The van der Waals surface area contributed by atoms with Crippen molar-refractivity contribution in [3.05, 3.63) is 28.2 Å². The molecule has 0 unspecified atom stereocenters. The highest BCUT2D eigenvalue weighted by atomic mass is 79.9. The predicted molar refractivity (Wildman–Crippen MR) is 82.4 cm³/mol. The van der Waals surface area contributed by atoms with Crippen LogP contribution in [0.3, 0.4) is 0 Å². The summed E-state index contributed by atoms with van der Waals surface area (Å²) in [5.41, 5.74) is 2.09. The van der Waals surface area contributed by atoms with Gasteiger partial charge in [-0.2, -0.15) is 5.26 Å². The highest BCUT2D eigenvalue weighted by Crippen LogP contribution is 2.37. The largest absolute Gasteiger partial charge is 0.373 e. The van der Waals surface area contributed by atoms with Crippen molar-refractivity contribution in [1.82, 2.24) is 4.90 Å². The van der Waals surface area contributed by atoms with Gasteiger partial charge in [-0.1, -0.05) is 15.9 Å². The molecule has 0 aliphatic heterocycles. The molecule has 0 heterocycles. The Morgan fingerprint density at radius 3 is 2.42 bits per heavy atom. The molecule has 1 aliphatic rings. The van der Waals surface area contributed by atoms with Gasteiger partial charge in [0.15, 0.2) is 0 Å². The van der Waals surface area contributed by atoms with Crippen molar-refractivity contribution in [3.63, 3.8) is 0 Å². The molecule has 1 aromatic carbocycles. The van der Waals surface area contributed by atoms with E-state index in [0.717, 1.165) is 16.7 Å². The Morgan fingerprint density at radius 2 is 1.95 bits per heavy atom. The number of rotatable bonds is 4. The van der Waals surface area contributed by atoms with Crippen molar-refractivity contribution in [3.8, 4) is 6.07 Å². The van der Waals surface area contributed by atoms with Crippen molar-refractivity contribution >= 4 is 21.6 Å². The van der Waals surface area contributed by atoms with Gasteiger partial charge >= 0.3 is 0 Å². The van der Waals surface area contributed by atoms with Gasteiger partial charge in [-0.15, -0.1) is 0 Å². The zero-order valence-corrected chi connectivity index (χ0v) is 13.4. The fourth-order valence-electron chi connectivity index (χ4n) is 2.72. The third-order valence-electron chi connectivity index (χ3n) is 4.22. The molecule has 0 N–H and O–H groups in total. The molecule has 4 heteroatoms. The van der Waals surface area contributed by atoms with Gasteiger partial charge in [0.25, 0.3) is 0 Å². The molecule has 0 saturated heterocycles. The van der Waals surface area contributed by atoms with Gasteiger partial charge in [-0.25, -0.2) is 0 Å². The Labute approximate surface area is 123 Å².